The second kappa shape index (κ2) is 4.15. The zero-order valence-electron chi connectivity index (χ0n) is 9.36. The van der Waals surface area contributed by atoms with Crippen molar-refractivity contribution < 1.29 is 4.79 Å². The van der Waals surface area contributed by atoms with Crippen molar-refractivity contribution in [2.45, 2.75) is 12.8 Å². The summed E-state index contributed by atoms with van der Waals surface area (Å²) in [5, 5.41) is 0. The number of nitrogens with zero attached hydrogens (tertiary/aromatic N) is 1. The van der Waals surface area contributed by atoms with E-state index in [1.54, 1.807) is 0 Å². The Hall–Kier alpha value is -1.15. The van der Waals surface area contributed by atoms with Crippen LogP contribution in [0.5, 0.6) is 0 Å². The number of fused-ring (bicyclic) bond motifs is 1. The maximum Gasteiger partial charge on any atom is 0.163 e. The van der Waals surface area contributed by atoms with Crippen molar-refractivity contribution in [1.82, 2.24) is 4.90 Å². The molecule has 0 N–H and O–H groups in total. The molecule has 15 heavy (non-hydrogen) atoms. The van der Waals surface area contributed by atoms with Crippen molar-refractivity contribution in [3.8, 4) is 0 Å². The van der Waals surface area contributed by atoms with Gasteiger partial charge in [0.25, 0.3) is 0 Å². The fourth-order valence-corrected chi connectivity index (χ4v) is 2.37. The number of Topliss-reactive ketones (excluding diaryl/α,β-unsaturated/α-hetero) is 1. The van der Waals surface area contributed by atoms with E-state index >= 15 is 0 Å². The molecule has 2 heteroatoms. The Morgan fingerprint density at radius 2 is 2.00 bits per heavy atom. The zero-order chi connectivity index (χ0) is 10.8. The van der Waals surface area contributed by atoms with Gasteiger partial charge in [-0.15, -0.1) is 0 Å². The third-order valence-corrected chi connectivity index (χ3v) is 2.92. The second-order valence-corrected chi connectivity index (χ2v) is 4.62. The van der Waals surface area contributed by atoms with E-state index in [2.05, 4.69) is 25.1 Å². The van der Waals surface area contributed by atoms with Crippen LogP contribution in [0.4, 0.5) is 0 Å². The molecule has 0 spiro atoms. The van der Waals surface area contributed by atoms with Crippen molar-refractivity contribution in [2.24, 2.45) is 5.92 Å². The Balaban J connectivity index is 2.19. The van der Waals surface area contributed by atoms with Crippen LogP contribution in [-0.2, 0) is 6.42 Å². The average molecular weight is 203 g/mol. The first-order valence-corrected chi connectivity index (χ1v) is 5.42. The van der Waals surface area contributed by atoms with Crippen LogP contribution in [0.3, 0.4) is 0 Å². The van der Waals surface area contributed by atoms with E-state index in [-0.39, 0.29) is 0 Å². The van der Waals surface area contributed by atoms with Crippen molar-refractivity contribution in [3.05, 3.63) is 35.4 Å². The normalized spacial score (nSPS) is 20.5. The largest absolute Gasteiger partial charge is 0.309 e. The van der Waals surface area contributed by atoms with Gasteiger partial charge in [0.15, 0.2) is 5.78 Å². The minimum Gasteiger partial charge on any atom is -0.309 e. The number of rotatable bonds is 2. The van der Waals surface area contributed by atoms with Gasteiger partial charge in [0, 0.05) is 18.5 Å². The molecule has 0 radical (unpaired) electrons. The fraction of sp³-hybridized carbons (Fsp3) is 0.462. The SMILES string of the molecule is CN(C)CC1CC(=O)c2ccccc2C1. The Morgan fingerprint density at radius 1 is 1.27 bits per heavy atom. The molecular formula is C13H17NO. The van der Waals surface area contributed by atoms with Gasteiger partial charge >= 0.3 is 0 Å². The number of carbonyl (C=O) groups is 1. The van der Waals surface area contributed by atoms with Crippen LogP contribution in [0, 0.1) is 5.92 Å². The van der Waals surface area contributed by atoms with E-state index in [1.807, 2.05) is 18.2 Å². The Bertz CT molecular complexity index is 371. The van der Waals surface area contributed by atoms with Gasteiger partial charge in [-0.05, 0) is 32.0 Å². The number of carbonyl (C=O) groups excluding carboxylic acids is 1. The van der Waals surface area contributed by atoms with Crippen LogP contribution in [-0.4, -0.2) is 31.3 Å². The van der Waals surface area contributed by atoms with Gasteiger partial charge in [-0.25, -0.2) is 0 Å². The van der Waals surface area contributed by atoms with Crippen molar-refractivity contribution in [3.63, 3.8) is 0 Å². The molecule has 2 rings (SSSR count). The predicted molar refractivity (Wildman–Crippen MR) is 61.1 cm³/mol. The lowest BCUT2D eigenvalue weighted by Gasteiger charge is -2.25. The van der Waals surface area contributed by atoms with Crippen molar-refractivity contribution >= 4 is 5.78 Å². The molecule has 1 atom stereocenters. The number of hydrogen-bond donors (Lipinski definition) is 0. The van der Waals surface area contributed by atoms with E-state index in [4.69, 9.17) is 0 Å². The van der Waals surface area contributed by atoms with Crippen molar-refractivity contribution in [2.75, 3.05) is 20.6 Å². The van der Waals surface area contributed by atoms with Gasteiger partial charge in [-0.3, -0.25) is 4.79 Å². The highest BCUT2D eigenvalue weighted by molar-refractivity contribution is 5.98. The molecule has 1 aliphatic rings. The van der Waals surface area contributed by atoms with Crippen LogP contribution in [0.15, 0.2) is 24.3 Å². The third-order valence-electron chi connectivity index (χ3n) is 2.92. The molecule has 80 valence electrons. The average Bonchev–Trinajstić information content (AvgIpc) is 2.16. The van der Waals surface area contributed by atoms with Gasteiger partial charge in [0.2, 0.25) is 0 Å². The molecule has 1 aromatic rings. The molecule has 0 saturated carbocycles. The van der Waals surface area contributed by atoms with E-state index in [0.717, 1.165) is 18.5 Å². The molecule has 1 aromatic carbocycles. The summed E-state index contributed by atoms with van der Waals surface area (Å²) in [6.07, 6.45) is 1.75. The van der Waals surface area contributed by atoms with E-state index in [9.17, 15) is 4.79 Å². The summed E-state index contributed by atoms with van der Waals surface area (Å²) in [7, 11) is 4.12. The molecule has 0 fully saturated rings. The van der Waals surface area contributed by atoms with Gasteiger partial charge in [-0.2, -0.15) is 0 Å². The Kier molecular flexibility index (Phi) is 2.87. The predicted octanol–water partition coefficient (Wildman–Crippen LogP) is 1.99. The number of hydrogen-bond acceptors (Lipinski definition) is 2. The summed E-state index contributed by atoms with van der Waals surface area (Å²) in [5.41, 5.74) is 2.16. The Morgan fingerprint density at radius 3 is 2.73 bits per heavy atom. The first-order valence-electron chi connectivity index (χ1n) is 5.42. The minimum atomic E-state index is 0.309. The van der Waals surface area contributed by atoms with E-state index < -0.39 is 0 Å². The van der Waals surface area contributed by atoms with E-state index in [1.165, 1.54) is 5.56 Å². The first kappa shape index (κ1) is 10.4. The fourth-order valence-electron chi connectivity index (χ4n) is 2.37. The van der Waals surface area contributed by atoms with Crippen LogP contribution in [0.25, 0.3) is 0 Å². The molecule has 0 aliphatic heterocycles. The summed E-state index contributed by atoms with van der Waals surface area (Å²) >= 11 is 0. The summed E-state index contributed by atoms with van der Waals surface area (Å²) in [6, 6.07) is 7.99. The monoisotopic (exact) mass is 203 g/mol. The molecule has 0 aromatic heterocycles. The van der Waals surface area contributed by atoms with Gasteiger partial charge in [0.05, 0.1) is 0 Å². The topological polar surface area (TPSA) is 20.3 Å². The van der Waals surface area contributed by atoms with Gasteiger partial charge in [-0.1, -0.05) is 24.3 Å². The lowest BCUT2D eigenvalue weighted by atomic mass is 9.83. The summed E-state index contributed by atoms with van der Waals surface area (Å²) in [4.78, 5) is 14.0. The molecule has 2 nitrogen and oxygen atoms in total. The quantitative estimate of drug-likeness (QED) is 0.732. The summed E-state index contributed by atoms with van der Waals surface area (Å²) in [5.74, 6) is 0.797. The lowest BCUT2D eigenvalue weighted by Crippen LogP contribution is -2.29. The molecule has 0 amide bonds. The van der Waals surface area contributed by atoms with E-state index in [0.29, 0.717) is 18.1 Å². The van der Waals surface area contributed by atoms with Crippen molar-refractivity contribution in [1.29, 1.82) is 0 Å². The number of ketones is 1. The smallest absolute Gasteiger partial charge is 0.163 e. The third kappa shape index (κ3) is 2.26. The molecule has 0 bridgehead atoms. The Labute approximate surface area is 90.9 Å². The highest BCUT2D eigenvalue weighted by Gasteiger charge is 2.24. The van der Waals surface area contributed by atoms with Gasteiger partial charge < -0.3 is 4.90 Å². The maximum atomic E-state index is 11.9. The summed E-state index contributed by atoms with van der Waals surface area (Å²) in [6.45, 7) is 1.00. The minimum absolute atomic E-state index is 0.309. The molecule has 1 aliphatic carbocycles. The molecule has 0 saturated heterocycles. The number of benzene rings is 1. The molecule has 1 unspecified atom stereocenters. The highest BCUT2D eigenvalue weighted by atomic mass is 16.1. The maximum absolute atomic E-state index is 11.9. The standard InChI is InChI=1S/C13H17NO/c1-14(2)9-10-7-11-5-3-4-6-12(11)13(15)8-10/h3-6,10H,7-9H2,1-2H3. The van der Waals surface area contributed by atoms with Crippen LogP contribution < -0.4 is 0 Å². The molecule has 0 heterocycles. The zero-order valence-corrected chi connectivity index (χ0v) is 9.36. The van der Waals surface area contributed by atoms with Crippen LogP contribution >= 0.6 is 0 Å². The molecular weight excluding hydrogens is 186 g/mol. The van der Waals surface area contributed by atoms with Crippen LogP contribution in [0.2, 0.25) is 0 Å². The van der Waals surface area contributed by atoms with Gasteiger partial charge in [0.1, 0.15) is 0 Å². The highest BCUT2D eigenvalue weighted by Crippen LogP contribution is 2.25. The second-order valence-electron chi connectivity index (χ2n) is 4.62. The summed E-state index contributed by atoms with van der Waals surface area (Å²) < 4.78 is 0. The first-order chi connectivity index (χ1) is 7.16. The lowest BCUT2D eigenvalue weighted by molar-refractivity contribution is 0.0939. The van der Waals surface area contributed by atoms with Crippen LogP contribution in [0.1, 0.15) is 22.3 Å².